The van der Waals surface area contributed by atoms with Crippen molar-refractivity contribution in [2.24, 2.45) is 0 Å². The molecule has 1 unspecified atom stereocenters. The summed E-state index contributed by atoms with van der Waals surface area (Å²) in [6.45, 7) is 1.88. The van der Waals surface area contributed by atoms with Crippen LogP contribution in [-0.4, -0.2) is 5.11 Å². The first-order chi connectivity index (χ1) is 8.25. The monoisotopic (exact) mass is 228 g/mol. The molecule has 0 spiro atoms. The first-order valence-corrected chi connectivity index (χ1v) is 6.09. The van der Waals surface area contributed by atoms with Crippen LogP contribution in [0.3, 0.4) is 0 Å². The van der Waals surface area contributed by atoms with Crippen molar-refractivity contribution in [1.82, 2.24) is 0 Å². The van der Waals surface area contributed by atoms with Gasteiger partial charge in [0, 0.05) is 5.56 Å². The number of hydrogen-bond acceptors (Lipinski definition) is 2. The Kier molecular flexibility index (Phi) is 2.52. The van der Waals surface area contributed by atoms with E-state index in [2.05, 4.69) is 12.1 Å². The summed E-state index contributed by atoms with van der Waals surface area (Å²) in [4.78, 5) is 0. The third-order valence-corrected chi connectivity index (χ3v) is 3.63. The van der Waals surface area contributed by atoms with Crippen molar-refractivity contribution in [1.29, 1.82) is 0 Å². The zero-order valence-electron chi connectivity index (χ0n) is 9.94. The van der Waals surface area contributed by atoms with Crippen LogP contribution in [0.25, 0.3) is 0 Å². The molecule has 1 aromatic heterocycles. The molecule has 0 bridgehead atoms. The van der Waals surface area contributed by atoms with Crippen LogP contribution in [0.4, 0.5) is 0 Å². The molecule has 17 heavy (non-hydrogen) atoms. The number of fused-ring (bicyclic) bond motifs is 1. The Morgan fingerprint density at radius 3 is 2.76 bits per heavy atom. The van der Waals surface area contributed by atoms with Crippen LogP contribution in [0.2, 0.25) is 0 Å². The summed E-state index contributed by atoms with van der Waals surface area (Å²) in [5.41, 5.74) is 4.66. The summed E-state index contributed by atoms with van der Waals surface area (Å²) in [6, 6.07) is 8.16. The van der Waals surface area contributed by atoms with Gasteiger partial charge in [0.1, 0.15) is 11.9 Å². The van der Waals surface area contributed by atoms with E-state index in [9.17, 15) is 5.11 Å². The maximum absolute atomic E-state index is 10.3. The molecule has 2 heteroatoms. The van der Waals surface area contributed by atoms with Crippen molar-refractivity contribution in [3.63, 3.8) is 0 Å². The van der Waals surface area contributed by atoms with Crippen LogP contribution in [0.15, 0.2) is 34.9 Å². The molecule has 0 amide bonds. The summed E-state index contributed by atoms with van der Waals surface area (Å²) in [5, 5.41) is 10.3. The van der Waals surface area contributed by atoms with E-state index in [-0.39, 0.29) is 0 Å². The van der Waals surface area contributed by atoms with E-state index >= 15 is 0 Å². The molecule has 1 atom stereocenters. The van der Waals surface area contributed by atoms with Crippen molar-refractivity contribution in [3.8, 4) is 0 Å². The minimum atomic E-state index is -0.570. The van der Waals surface area contributed by atoms with Gasteiger partial charge in [-0.05, 0) is 48.9 Å². The van der Waals surface area contributed by atoms with Gasteiger partial charge in [0.05, 0.1) is 6.26 Å². The second-order valence-electron chi connectivity index (χ2n) is 4.72. The van der Waals surface area contributed by atoms with Gasteiger partial charge >= 0.3 is 0 Å². The minimum Gasteiger partial charge on any atom is -0.469 e. The van der Waals surface area contributed by atoms with Crippen LogP contribution in [-0.2, 0) is 12.8 Å². The van der Waals surface area contributed by atoms with Gasteiger partial charge in [-0.25, -0.2) is 0 Å². The normalized spacial score (nSPS) is 15.9. The van der Waals surface area contributed by atoms with E-state index in [1.165, 1.54) is 24.0 Å². The number of rotatable bonds is 2. The smallest absolute Gasteiger partial charge is 0.107 e. The highest BCUT2D eigenvalue weighted by molar-refractivity contribution is 5.39. The van der Waals surface area contributed by atoms with E-state index in [4.69, 9.17) is 4.42 Å². The van der Waals surface area contributed by atoms with Crippen molar-refractivity contribution in [3.05, 3.63) is 58.5 Å². The molecule has 1 N–H and O–H groups in total. The molecule has 88 valence electrons. The van der Waals surface area contributed by atoms with Crippen molar-refractivity contribution >= 4 is 0 Å². The minimum absolute atomic E-state index is 0.570. The maximum Gasteiger partial charge on any atom is 0.107 e. The lowest BCUT2D eigenvalue weighted by Gasteiger charge is -2.11. The third-order valence-electron chi connectivity index (χ3n) is 3.63. The predicted octanol–water partition coefficient (Wildman–Crippen LogP) is 3.16. The van der Waals surface area contributed by atoms with Crippen LogP contribution < -0.4 is 0 Å². The van der Waals surface area contributed by atoms with Crippen molar-refractivity contribution in [2.45, 2.75) is 32.3 Å². The highest BCUT2D eigenvalue weighted by Crippen LogP contribution is 2.29. The molecule has 1 aromatic carbocycles. The third kappa shape index (κ3) is 1.79. The quantitative estimate of drug-likeness (QED) is 0.856. The molecular weight excluding hydrogens is 212 g/mol. The van der Waals surface area contributed by atoms with E-state index in [0.29, 0.717) is 0 Å². The van der Waals surface area contributed by atoms with Crippen LogP contribution in [0, 0.1) is 6.92 Å². The summed E-state index contributed by atoms with van der Waals surface area (Å²) >= 11 is 0. The van der Waals surface area contributed by atoms with E-state index in [1.807, 2.05) is 19.1 Å². The molecule has 0 aliphatic heterocycles. The lowest BCUT2D eigenvalue weighted by atomic mass is 9.98. The number of benzene rings is 1. The molecule has 3 rings (SSSR count). The second kappa shape index (κ2) is 4.04. The SMILES string of the molecule is Cc1occc1C(O)c1ccc2c(c1)CCC2. The molecule has 0 radical (unpaired) electrons. The Morgan fingerprint density at radius 1 is 1.18 bits per heavy atom. The molecule has 1 aliphatic rings. The number of aryl methyl sites for hydroxylation is 3. The van der Waals surface area contributed by atoms with Crippen molar-refractivity contribution < 1.29 is 9.52 Å². The molecule has 0 saturated carbocycles. The fourth-order valence-corrected chi connectivity index (χ4v) is 2.62. The van der Waals surface area contributed by atoms with Crippen LogP contribution in [0.5, 0.6) is 0 Å². The molecule has 2 aromatic rings. The molecular formula is C15H16O2. The van der Waals surface area contributed by atoms with Crippen LogP contribution in [0.1, 0.15) is 40.5 Å². The van der Waals surface area contributed by atoms with Crippen molar-refractivity contribution in [2.75, 3.05) is 0 Å². The lowest BCUT2D eigenvalue weighted by Crippen LogP contribution is -2.00. The van der Waals surface area contributed by atoms with Gasteiger partial charge < -0.3 is 9.52 Å². The predicted molar refractivity (Wildman–Crippen MR) is 66.0 cm³/mol. The fraction of sp³-hybridized carbons (Fsp3) is 0.333. The average Bonchev–Trinajstić information content (AvgIpc) is 2.95. The van der Waals surface area contributed by atoms with Gasteiger partial charge in [0.25, 0.3) is 0 Å². The molecule has 1 heterocycles. The first kappa shape index (κ1) is 10.6. The van der Waals surface area contributed by atoms with E-state index in [0.717, 1.165) is 23.3 Å². The zero-order chi connectivity index (χ0) is 11.8. The first-order valence-electron chi connectivity index (χ1n) is 6.09. The Bertz CT molecular complexity index is 540. The van der Waals surface area contributed by atoms with E-state index in [1.54, 1.807) is 6.26 Å². The average molecular weight is 228 g/mol. The highest BCUT2D eigenvalue weighted by Gasteiger charge is 2.18. The summed E-state index contributed by atoms with van der Waals surface area (Å²) in [5.74, 6) is 0.790. The molecule has 2 nitrogen and oxygen atoms in total. The maximum atomic E-state index is 10.3. The standard InChI is InChI=1S/C15H16O2/c1-10-14(7-8-17-10)15(16)13-6-5-11-3-2-4-12(11)9-13/h5-9,15-16H,2-4H2,1H3. The largest absolute Gasteiger partial charge is 0.469 e. The molecule has 0 saturated heterocycles. The van der Waals surface area contributed by atoms with Gasteiger partial charge in [0.15, 0.2) is 0 Å². The van der Waals surface area contributed by atoms with Gasteiger partial charge in [-0.1, -0.05) is 18.2 Å². The number of aliphatic hydroxyl groups excluding tert-OH is 1. The summed E-state index contributed by atoms with van der Waals surface area (Å²) < 4.78 is 5.24. The fourth-order valence-electron chi connectivity index (χ4n) is 2.62. The number of hydrogen-bond donors (Lipinski definition) is 1. The zero-order valence-corrected chi connectivity index (χ0v) is 9.94. The van der Waals surface area contributed by atoms with E-state index < -0.39 is 6.10 Å². The summed E-state index contributed by atoms with van der Waals surface area (Å²) in [6.07, 6.45) is 4.61. The van der Waals surface area contributed by atoms with Gasteiger partial charge in [-0.3, -0.25) is 0 Å². The van der Waals surface area contributed by atoms with Gasteiger partial charge in [-0.15, -0.1) is 0 Å². The Morgan fingerprint density at radius 2 is 2.00 bits per heavy atom. The highest BCUT2D eigenvalue weighted by atomic mass is 16.3. The van der Waals surface area contributed by atoms with Gasteiger partial charge in [0.2, 0.25) is 0 Å². The lowest BCUT2D eigenvalue weighted by molar-refractivity contribution is 0.218. The Hall–Kier alpha value is -1.54. The summed E-state index contributed by atoms with van der Waals surface area (Å²) in [7, 11) is 0. The second-order valence-corrected chi connectivity index (χ2v) is 4.72. The number of aliphatic hydroxyl groups is 1. The van der Waals surface area contributed by atoms with Gasteiger partial charge in [-0.2, -0.15) is 0 Å². The number of furan rings is 1. The van der Waals surface area contributed by atoms with Crippen LogP contribution >= 0.6 is 0 Å². The topological polar surface area (TPSA) is 33.4 Å². The molecule has 0 fully saturated rings. The Balaban J connectivity index is 1.97. The molecule has 1 aliphatic carbocycles. The Labute approximate surface area is 101 Å².